The second kappa shape index (κ2) is 5.91. The van der Waals surface area contributed by atoms with Crippen molar-refractivity contribution in [1.82, 2.24) is 0 Å². The zero-order valence-corrected chi connectivity index (χ0v) is 17.0. The molecule has 7 heteroatoms. The summed E-state index contributed by atoms with van der Waals surface area (Å²) >= 11 is 6.94. The van der Waals surface area contributed by atoms with Crippen LogP contribution in [0.25, 0.3) is 6.08 Å². The minimum atomic E-state index is -0.406. The second-order valence-electron chi connectivity index (χ2n) is 9.19. The first kappa shape index (κ1) is 17.6. The van der Waals surface area contributed by atoms with E-state index >= 15 is 0 Å². The molecule has 0 radical (unpaired) electrons. The first-order valence-electron chi connectivity index (χ1n) is 10.1. The van der Waals surface area contributed by atoms with Crippen molar-refractivity contribution in [1.29, 1.82) is 0 Å². The van der Waals surface area contributed by atoms with Crippen molar-refractivity contribution in [3.05, 3.63) is 23.4 Å². The number of carbonyl (C=O) groups excluding carboxylic acids is 1. The number of hydrogen-bond acceptors (Lipinski definition) is 6. The Hall–Kier alpha value is -2.21. The highest BCUT2D eigenvalue weighted by atomic mass is 35.5. The molecule has 2 heterocycles. The number of hydrogen-bond donors (Lipinski definition) is 0. The Morgan fingerprint density at radius 3 is 2.72 bits per heavy atom. The summed E-state index contributed by atoms with van der Waals surface area (Å²) in [5, 5.41) is 0. The smallest absolute Gasteiger partial charge is 0.363 e. The van der Waals surface area contributed by atoms with E-state index in [4.69, 9.17) is 30.5 Å². The predicted molar refractivity (Wildman–Crippen MR) is 106 cm³/mol. The van der Waals surface area contributed by atoms with Gasteiger partial charge in [0.05, 0.1) is 7.11 Å². The van der Waals surface area contributed by atoms with Crippen molar-refractivity contribution in [3.8, 4) is 17.2 Å². The fraction of sp³-hybridized carbons (Fsp3) is 0.545. The zero-order valence-electron chi connectivity index (χ0n) is 16.2. The number of carbonyl (C=O) groups is 1. The van der Waals surface area contributed by atoms with Crippen LogP contribution in [-0.4, -0.2) is 30.6 Å². The largest absolute Gasteiger partial charge is 0.493 e. The topological polar surface area (TPSA) is 66.4 Å². The SMILES string of the molecule is COc1cc(/C=C2\N=C(C34C[C@@H]5C[C@@H](CC(Cl)(C5)C3)C4)OC2=O)cc2c1OCO2. The molecule has 4 fully saturated rings. The third-order valence-electron chi connectivity index (χ3n) is 7.05. The van der Waals surface area contributed by atoms with Gasteiger partial charge < -0.3 is 18.9 Å². The quantitative estimate of drug-likeness (QED) is 0.418. The lowest BCUT2D eigenvalue weighted by atomic mass is 9.49. The number of ether oxygens (including phenoxy) is 4. The monoisotopic (exact) mass is 415 g/mol. The third kappa shape index (κ3) is 2.68. The normalized spacial score (nSPS) is 37.8. The molecule has 0 spiro atoms. The molecule has 1 aromatic rings. The average Bonchev–Trinajstić information content (AvgIpc) is 3.26. The number of cyclic esters (lactones) is 1. The van der Waals surface area contributed by atoms with Crippen LogP contribution < -0.4 is 14.2 Å². The van der Waals surface area contributed by atoms with Crippen LogP contribution in [0.15, 0.2) is 22.8 Å². The van der Waals surface area contributed by atoms with Gasteiger partial charge in [0.25, 0.3) is 0 Å². The maximum Gasteiger partial charge on any atom is 0.363 e. The summed E-state index contributed by atoms with van der Waals surface area (Å²) in [5.41, 5.74) is 0.867. The summed E-state index contributed by atoms with van der Waals surface area (Å²) in [6.07, 6.45) is 8.02. The van der Waals surface area contributed by atoms with Gasteiger partial charge in [-0.05, 0) is 74.1 Å². The van der Waals surface area contributed by atoms with E-state index in [2.05, 4.69) is 4.99 Å². The number of methoxy groups -OCH3 is 1. The summed E-state index contributed by atoms with van der Waals surface area (Å²) < 4.78 is 22.0. The molecule has 4 bridgehead atoms. The van der Waals surface area contributed by atoms with Crippen LogP contribution in [0.1, 0.15) is 44.1 Å². The lowest BCUT2D eigenvalue weighted by molar-refractivity contribution is -0.131. The molecule has 0 saturated heterocycles. The molecule has 0 amide bonds. The van der Waals surface area contributed by atoms with Crippen molar-refractivity contribution in [2.75, 3.05) is 13.9 Å². The zero-order chi connectivity index (χ0) is 19.8. The Morgan fingerprint density at radius 2 is 2.00 bits per heavy atom. The number of halogens is 1. The van der Waals surface area contributed by atoms with Gasteiger partial charge in [-0.25, -0.2) is 9.79 Å². The van der Waals surface area contributed by atoms with Crippen LogP contribution >= 0.6 is 11.6 Å². The van der Waals surface area contributed by atoms with Gasteiger partial charge >= 0.3 is 5.97 Å². The molecule has 2 unspecified atom stereocenters. The second-order valence-corrected chi connectivity index (χ2v) is 9.99. The van der Waals surface area contributed by atoms with E-state index < -0.39 is 5.97 Å². The highest BCUT2D eigenvalue weighted by Crippen LogP contribution is 2.64. The highest BCUT2D eigenvalue weighted by Gasteiger charge is 2.60. The molecule has 152 valence electrons. The molecule has 0 N–H and O–H groups in total. The number of nitrogens with zero attached hydrogens (tertiary/aromatic N) is 1. The van der Waals surface area contributed by atoms with Gasteiger partial charge in [-0.2, -0.15) is 0 Å². The molecule has 29 heavy (non-hydrogen) atoms. The lowest BCUT2D eigenvalue weighted by Crippen LogP contribution is -2.56. The van der Waals surface area contributed by atoms with E-state index in [1.165, 1.54) is 6.42 Å². The summed E-state index contributed by atoms with van der Waals surface area (Å²) in [6, 6.07) is 3.62. The number of esters is 1. The third-order valence-corrected chi connectivity index (χ3v) is 7.49. The van der Waals surface area contributed by atoms with Gasteiger partial charge in [-0.3, -0.25) is 0 Å². The van der Waals surface area contributed by atoms with Gasteiger partial charge in [-0.1, -0.05) is 0 Å². The minimum absolute atomic E-state index is 0.154. The minimum Gasteiger partial charge on any atom is -0.493 e. The Bertz CT molecular complexity index is 970. The summed E-state index contributed by atoms with van der Waals surface area (Å²) in [6.45, 7) is 0.154. The van der Waals surface area contributed by atoms with E-state index in [9.17, 15) is 4.79 Å². The Labute approximate surface area is 173 Å². The molecule has 6 nitrogen and oxygen atoms in total. The lowest BCUT2D eigenvalue weighted by Gasteiger charge is -2.59. The van der Waals surface area contributed by atoms with Crippen molar-refractivity contribution >= 4 is 29.5 Å². The van der Waals surface area contributed by atoms with Gasteiger partial charge in [0.1, 0.15) is 0 Å². The molecule has 2 aliphatic heterocycles. The first-order valence-corrected chi connectivity index (χ1v) is 10.5. The van der Waals surface area contributed by atoms with Gasteiger partial charge in [0.2, 0.25) is 18.4 Å². The van der Waals surface area contributed by atoms with E-state index in [0.29, 0.717) is 40.7 Å². The van der Waals surface area contributed by atoms with Crippen molar-refractivity contribution in [2.24, 2.45) is 22.2 Å². The molecule has 0 aromatic heterocycles. The maximum atomic E-state index is 12.6. The molecular formula is C22H22ClNO5. The number of fused-ring (bicyclic) bond motifs is 1. The molecule has 1 aromatic carbocycles. The summed E-state index contributed by atoms with van der Waals surface area (Å²) in [4.78, 5) is 17.1. The van der Waals surface area contributed by atoms with E-state index in [1.54, 1.807) is 19.3 Å². The highest BCUT2D eigenvalue weighted by molar-refractivity contribution is 6.24. The molecule has 7 rings (SSSR count). The number of alkyl halides is 1. The van der Waals surface area contributed by atoms with Crippen LogP contribution in [0.2, 0.25) is 0 Å². The summed E-state index contributed by atoms with van der Waals surface area (Å²) in [5.74, 6) is 3.12. The van der Waals surface area contributed by atoms with E-state index in [0.717, 1.165) is 37.7 Å². The van der Waals surface area contributed by atoms with Crippen molar-refractivity contribution in [2.45, 2.75) is 43.4 Å². The van der Waals surface area contributed by atoms with E-state index in [-0.39, 0.29) is 17.1 Å². The number of aliphatic imine (C=N–C) groups is 1. The van der Waals surface area contributed by atoms with Crippen LogP contribution in [0.4, 0.5) is 0 Å². The van der Waals surface area contributed by atoms with Gasteiger partial charge in [0, 0.05) is 10.3 Å². The first-order chi connectivity index (χ1) is 14.0. The van der Waals surface area contributed by atoms with Crippen LogP contribution in [0.5, 0.6) is 17.2 Å². The van der Waals surface area contributed by atoms with Gasteiger partial charge in [0.15, 0.2) is 17.2 Å². The standard InChI is InChI=1S/C22H22ClNO5/c1-26-16-4-12(5-17-18(16)28-11-27-17)3-15-19(25)29-20(24-15)21-6-13-2-14(7-21)9-22(23,8-13)10-21/h3-5,13-14H,2,6-11H2,1H3/b15-3-/t13-,14+,21?,22?. The van der Waals surface area contributed by atoms with Crippen LogP contribution in [0.3, 0.4) is 0 Å². The maximum absolute atomic E-state index is 12.6. The fourth-order valence-corrected chi connectivity index (χ4v) is 7.12. The Balaban J connectivity index is 1.36. The molecule has 4 aliphatic carbocycles. The predicted octanol–water partition coefficient (Wildman–Crippen LogP) is 4.30. The van der Waals surface area contributed by atoms with Crippen LogP contribution in [-0.2, 0) is 9.53 Å². The van der Waals surface area contributed by atoms with E-state index in [1.807, 2.05) is 6.07 Å². The van der Waals surface area contributed by atoms with Crippen molar-refractivity contribution in [3.63, 3.8) is 0 Å². The number of rotatable bonds is 3. The molecular weight excluding hydrogens is 394 g/mol. The number of benzene rings is 1. The molecule has 6 aliphatic rings. The molecule has 4 atom stereocenters. The fourth-order valence-electron chi connectivity index (χ4n) is 6.43. The van der Waals surface area contributed by atoms with Crippen LogP contribution in [0, 0.1) is 17.3 Å². The summed E-state index contributed by atoms with van der Waals surface area (Å²) in [7, 11) is 1.57. The Morgan fingerprint density at radius 1 is 1.21 bits per heavy atom. The molecule has 4 saturated carbocycles. The van der Waals surface area contributed by atoms with Gasteiger partial charge in [-0.15, -0.1) is 11.6 Å². The van der Waals surface area contributed by atoms with Crippen molar-refractivity contribution < 1.29 is 23.7 Å². The average molecular weight is 416 g/mol. The Kier molecular flexibility index (Phi) is 3.59.